The normalized spacial score (nSPS) is 30.9. The van der Waals surface area contributed by atoms with Crippen LogP contribution in [-0.2, 0) is 4.74 Å². The fourth-order valence-electron chi connectivity index (χ4n) is 7.01. The van der Waals surface area contributed by atoms with Crippen LogP contribution in [0.1, 0.15) is 61.9 Å². The van der Waals surface area contributed by atoms with Gasteiger partial charge >= 0.3 is 0 Å². The Morgan fingerprint density at radius 2 is 1.75 bits per heavy atom. The number of aryl methyl sites for hydroxylation is 2. The van der Waals surface area contributed by atoms with Gasteiger partial charge in [0.1, 0.15) is 11.6 Å². The van der Waals surface area contributed by atoms with E-state index in [9.17, 15) is 5.11 Å². The summed E-state index contributed by atoms with van der Waals surface area (Å²) in [5.74, 6) is 3.10. The topological polar surface area (TPSA) is 79.5 Å². The van der Waals surface area contributed by atoms with Crippen molar-refractivity contribution in [2.24, 2.45) is 0 Å². The van der Waals surface area contributed by atoms with Gasteiger partial charge in [-0.15, -0.1) is 0 Å². The van der Waals surface area contributed by atoms with Crippen LogP contribution in [0.15, 0.2) is 24.4 Å². The number of aliphatic hydroxyl groups is 1. The number of hydrogen-bond acceptors (Lipinski definition) is 7. The van der Waals surface area contributed by atoms with Gasteiger partial charge < -0.3 is 14.7 Å². The summed E-state index contributed by atoms with van der Waals surface area (Å²) in [6.45, 7) is 10.0. The molecule has 3 aliphatic heterocycles. The lowest BCUT2D eigenvalue weighted by molar-refractivity contribution is -0.0708. The maximum Gasteiger partial charge on any atom is 0.159 e. The highest BCUT2D eigenvalue weighted by Crippen LogP contribution is 2.40. The zero-order valence-electron chi connectivity index (χ0n) is 21.5. The van der Waals surface area contributed by atoms with Gasteiger partial charge in [0.2, 0.25) is 0 Å². The lowest BCUT2D eigenvalue weighted by Gasteiger charge is -2.42. The van der Waals surface area contributed by atoms with Crippen LogP contribution in [0.4, 0.5) is 5.82 Å². The van der Waals surface area contributed by atoms with E-state index in [1.54, 1.807) is 0 Å². The van der Waals surface area contributed by atoms with E-state index in [2.05, 4.69) is 34.9 Å². The average Bonchev–Trinajstić information content (AvgIpc) is 3.51. The molecular formula is C28H36N6O2. The quantitative estimate of drug-likeness (QED) is 0.602. The van der Waals surface area contributed by atoms with Gasteiger partial charge in [-0.1, -0.05) is 0 Å². The smallest absolute Gasteiger partial charge is 0.159 e. The van der Waals surface area contributed by atoms with Crippen molar-refractivity contribution in [3.8, 4) is 5.82 Å². The Morgan fingerprint density at radius 3 is 2.44 bits per heavy atom. The summed E-state index contributed by atoms with van der Waals surface area (Å²) in [5, 5.41) is 16.3. The van der Waals surface area contributed by atoms with Crippen LogP contribution in [0.5, 0.6) is 0 Å². The van der Waals surface area contributed by atoms with E-state index in [0.29, 0.717) is 24.0 Å². The van der Waals surface area contributed by atoms with Gasteiger partial charge in [0.15, 0.2) is 5.82 Å². The van der Waals surface area contributed by atoms with E-state index in [0.717, 1.165) is 80.3 Å². The number of ether oxygens (including phenoxy) is 1. The summed E-state index contributed by atoms with van der Waals surface area (Å²) >= 11 is 0. The zero-order chi connectivity index (χ0) is 24.6. The molecule has 1 saturated carbocycles. The Bertz CT molecular complexity index is 1300. The number of rotatable bonds is 4. The molecule has 2 atom stereocenters. The molecule has 4 aliphatic rings. The molecule has 5 heterocycles. The van der Waals surface area contributed by atoms with Crippen molar-refractivity contribution in [2.45, 2.75) is 82.5 Å². The number of fused-ring (bicyclic) bond motifs is 3. The number of anilines is 1. The van der Waals surface area contributed by atoms with E-state index in [1.165, 1.54) is 17.5 Å². The highest BCUT2D eigenvalue weighted by atomic mass is 16.5. The molecule has 190 valence electrons. The van der Waals surface area contributed by atoms with Crippen molar-refractivity contribution in [1.82, 2.24) is 24.6 Å². The third-order valence-corrected chi connectivity index (χ3v) is 9.15. The molecule has 0 amide bonds. The second-order valence-electron chi connectivity index (χ2n) is 11.8. The Balaban J connectivity index is 1.20. The zero-order valence-corrected chi connectivity index (χ0v) is 21.5. The molecule has 2 aromatic heterocycles. The molecule has 4 fully saturated rings. The van der Waals surface area contributed by atoms with Crippen molar-refractivity contribution in [1.29, 1.82) is 0 Å². The molecule has 8 heteroatoms. The summed E-state index contributed by atoms with van der Waals surface area (Å²) in [7, 11) is 0. The van der Waals surface area contributed by atoms with E-state index >= 15 is 0 Å². The van der Waals surface area contributed by atoms with Gasteiger partial charge in [-0.05, 0) is 82.1 Å². The molecule has 8 nitrogen and oxygen atoms in total. The number of piperazine rings is 1. The minimum atomic E-state index is -0.525. The van der Waals surface area contributed by atoms with Gasteiger partial charge in [0.25, 0.3) is 0 Å². The van der Waals surface area contributed by atoms with Gasteiger partial charge in [-0.3, -0.25) is 4.90 Å². The summed E-state index contributed by atoms with van der Waals surface area (Å²) in [4.78, 5) is 14.8. The lowest BCUT2D eigenvalue weighted by atomic mass is 9.76. The molecule has 1 N–H and O–H groups in total. The minimum Gasteiger partial charge on any atom is -0.390 e. The number of hydrogen-bond donors (Lipinski definition) is 1. The lowest BCUT2D eigenvalue weighted by Crippen LogP contribution is -2.57. The van der Waals surface area contributed by atoms with Crippen molar-refractivity contribution in [3.63, 3.8) is 0 Å². The SMILES string of the molecule is Cc1nc(N2C[C@H]3C[C@@H]2CN3C2COC2)cc(-n2ncc3cc(C)c([C@H]4CC[C@@](C)(O)CC4)cc32)n1. The van der Waals surface area contributed by atoms with Gasteiger partial charge in [0, 0.05) is 36.6 Å². The van der Waals surface area contributed by atoms with Crippen LogP contribution in [0.2, 0.25) is 0 Å². The first-order valence-electron chi connectivity index (χ1n) is 13.5. The molecular weight excluding hydrogens is 452 g/mol. The molecule has 1 aromatic carbocycles. The molecule has 3 saturated heterocycles. The van der Waals surface area contributed by atoms with Crippen LogP contribution >= 0.6 is 0 Å². The van der Waals surface area contributed by atoms with Crippen molar-refractivity contribution < 1.29 is 9.84 Å². The predicted molar refractivity (Wildman–Crippen MR) is 139 cm³/mol. The molecule has 1 aliphatic carbocycles. The molecule has 3 aromatic rings. The second kappa shape index (κ2) is 8.23. The first kappa shape index (κ1) is 22.6. The first-order valence-corrected chi connectivity index (χ1v) is 13.5. The van der Waals surface area contributed by atoms with Crippen molar-refractivity contribution in [3.05, 3.63) is 41.3 Å². The number of aromatic nitrogens is 4. The molecule has 7 rings (SSSR count). The number of benzene rings is 1. The molecule has 2 bridgehead atoms. The average molecular weight is 489 g/mol. The Hall–Kier alpha value is -2.55. The van der Waals surface area contributed by atoms with Crippen molar-refractivity contribution >= 4 is 16.7 Å². The van der Waals surface area contributed by atoms with Gasteiger partial charge in [-0.2, -0.15) is 5.10 Å². The van der Waals surface area contributed by atoms with E-state index < -0.39 is 5.60 Å². The maximum atomic E-state index is 10.4. The Morgan fingerprint density at radius 1 is 0.972 bits per heavy atom. The third-order valence-electron chi connectivity index (χ3n) is 9.15. The standard InChI is InChI=1S/C28H36N6O2/c1-17-8-20-12-29-34(25(20)10-24(17)19-4-6-28(3,35)7-5-19)27-11-26(30-18(2)31-27)33-14-21-9-22(33)13-32(21)23-15-36-16-23/h8,10-12,19,21-23,35H,4-7,9,13-16H2,1-3H3/t19-,21-,22-,28+/m1/s1. The van der Waals surface area contributed by atoms with Crippen LogP contribution in [0.25, 0.3) is 16.7 Å². The largest absolute Gasteiger partial charge is 0.390 e. The Kier molecular flexibility index (Phi) is 5.17. The van der Waals surface area contributed by atoms with Crippen LogP contribution < -0.4 is 4.90 Å². The van der Waals surface area contributed by atoms with E-state index in [4.69, 9.17) is 19.8 Å². The highest BCUT2D eigenvalue weighted by Gasteiger charge is 2.47. The number of likely N-dealkylation sites (tertiary alicyclic amines) is 1. The second-order valence-corrected chi connectivity index (χ2v) is 11.8. The fraction of sp³-hybridized carbons (Fsp3) is 0.607. The monoisotopic (exact) mass is 488 g/mol. The van der Waals surface area contributed by atoms with Gasteiger partial charge in [-0.25, -0.2) is 14.6 Å². The van der Waals surface area contributed by atoms with E-state index in [-0.39, 0.29) is 0 Å². The third kappa shape index (κ3) is 3.73. The molecule has 0 unspecified atom stereocenters. The minimum absolute atomic E-state index is 0.477. The van der Waals surface area contributed by atoms with E-state index in [1.807, 2.05) is 24.7 Å². The summed E-state index contributed by atoms with van der Waals surface area (Å²) in [6, 6.07) is 8.39. The fourth-order valence-corrected chi connectivity index (χ4v) is 7.01. The summed E-state index contributed by atoms with van der Waals surface area (Å²) in [5.41, 5.74) is 3.25. The van der Waals surface area contributed by atoms with Crippen LogP contribution in [0, 0.1) is 13.8 Å². The molecule has 0 radical (unpaired) electrons. The summed E-state index contributed by atoms with van der Waals surface area (Å²) < 4.78 is 7.43. The van der Waals surface area contributed by atoms with Gasteiger partial charge in [0.05, 0.1) is 36.6 Å². The van der Waals surface area contributed by atoms with Crippen LogP contribution in [0.3, 0.4) is 0 Å². The first-order chi connectivity index (χ1) is 17.3. The Labute approximate surface area is 212 Å². The predicted octanol–water partition coefficient (Wildman–Crippen LogP) is 3.50. The highest BCUT2D eigenvalue weighted by molar-refractivity contribution is 5.82. The number of nitrogens with zero attached hydrogens (tertiary/aromatic N) is 6. The molecule has 36 heavy (non-hydrogen) atoms. The van der Waals surface area contributed by atoms with Crippen LogP contribution in [-0.4, -0.2) is 79.8 Å². The maximum absolute atomic E-state index is 10.4. The van der Waals surface area contributed by atoms with Crippen molar-refractivity contribution in [2.75, 3.05) is 31.2 Å². The summed E-state index contributed by atoms with van der Waals surface area (Å²) in [6.07, 6.45) is 6.90. The molecule has 0 spiro atoms.